The maximum atomic E-state index is 13.1. The lowest BCUT2D eigenvalue weighted by molar-refractivity contribution is -0.158. The van der Waals surface area contributed by atoms with Gasteiger partial charge in [0.25, 0.3) is 0 Å². The molecule has 2 aliphatic heterocycles. The number of hydrogen-bond acceptors (Lipinski definition) is 12. The second kappa shape index (κ2) is 14.5. The fraction of sp³-hybridized carbons (Fsp3) is 0.636. The number of carbonyl (C=O) groups is 3. The predicted octanol–water partition coefficient (Wildman–Crippen LogP) is 4.42. The minimum atomic E-state index is -1.13. The summed E-state index contributed by atoms with van der Waals surface area (Å²) in [6, 6.07) is 3.26. The maximum absolute atomic E-state index is 13.1. The van der Waals surface area contributed by atoms with Crippen molar-refractivity contribution >= 4 is 35.5 Å². The van der Waals surface area contributed by atoms with Crippen LogP contribution in [0.1, 0.15) is 89.4 Å². The van der Waals surface area contributed by atoms with Crippen molar-refractivity contribution in [3.8, 4) is 0 Å². The van der Waals surface area contributed by atoms with Crippen LogP contribution in [-0.2, 0) is 30.2 Å². The Morgan fingerprint density at radius 3 is 2.37 bits per heavy atom. The molecule has 0 unspecified atom stereocenters. The highest BCUT2D eigenvalue weighted by Gasteiger charge is 2.30. The summed E-state index contributed by atoms with van der Waals surface area (Å²) in [6.45, 7) is 16.1. The van der Waals surface area contributed by atoms with E-state index in [2.05, 4.69) is 38.0 Å². The number of nitrogens with one attached hydrogen (secondary N) is 3. The summed E-state index contributed by atoms with van der Waals surface area (Å²) < 4.78 is 15.7. The van der Waals surface area contributed by atoms with Crippen molar-refractivity contribution < 1.29 is 28.6 Å². The molecule has 2 aromatic rings. The first-order valence-electron chi connectivity index (χ1n) is 16.0. The van der Waals surface area contributed by atoms with Crippen molar-refractivity contribution in [1.82, 2.24) is 20.3 Å². The van der Waals surface area contributed by atoms with Gasteiger partial charge in [0.1, 0.15) is 40.5 Å². The first-order chi connectivity index (χ1) is 21.6. The van der Waals surface area contributed by atoms with E-state index in [1.165, 1.54) is 5.56 Å². The highest BCUT2D eigenvalue weighted by atomic mass is 16.6. The number of alkyl carbamates (subject to hydrolysis) is 1. The monoisotopic (exact) mass is 639 g/mol. The van der Waals surface area contributed by atoms with Gasteiger partial charge in [0, 0.05) is 43.4 Å². The number of carbonyl (C=O) groups excluding carboxylic acids is 3. The van der Waals surface area contributed by atoms with Crippen molar-refractivity contribution in [2.24, 2.45) is 0 Å². The van der Waals surface area contributed by atoms with Crippen molar-refractivity contribution in [1.29, 1.82) is 0 Å². The van der Waals surface area contributed by atoms with Crippen molar-refractivity contribution in [3.63, 3.8) is 0 Å². The number of hydrogen-bond donors (Lipinski definition) is 3. The fourth-order valence-corrected chi connectivity index (χ4v) is 5.50. The molecule has 46 heavy (non-hydrogen) atoms. The van der Waals surface area contributed by atoms with E-state index in [4.69, 9.17) is 24.2 Å². The number of aryl methyl sites for hydroxylation is 2. The third-order valence-electron chi connectivity index (χ3n) is 7.56. The van der Waals surface area contributed by atoms with Crippen LogP contribution in [0.4, 0.5) is 22.2 Å². The van der Waals surface area contributed by atoms with Gasteiger partial charge in [-0.2, -0.15) is 0 Å². The zero-order valence-corrected chi connectivity index (χ0v) is 28.4. The molecule has 0 bridgehead atoms. The summed E-state index contributed by atoms with van der Waals surface area (Å²) >= 11 is 0. The Morgan fingerprint density at radius 1 is 1.00 bits per heavy atom. The molecule has 0 spiro atoms. The molecule has 0 saturated carbocycles. The Balaban J connectivity index is 1.41. The Bertz CT molecular complexity index is 1410. The molecule has 252 valence electrons. The average Bonchev–Trinajstić information content (AvgIpc) is 2.97. The number of ether oxygens (including phenoxy) is 3. The molecule has 2 aliphatic rings. The number of anilines is 3. The van der Waals surface area contributed by atoms with Crippen molar-refractivity contribution in [2.75, 3.05) is 48.3 Å². The van der Waals surface area contributed by atoms with Crippen LogP contribution in [0.25, 0.3) is 0 Å². The average molecular weight is 640 g/mol. The van der Waals surface area contributed by atoms with Crippen molar-refractivity contribution in [3.05, 3.63) is 34.8 Å². The first kappa shape index (κ1) is 34.7. The molecule has 4 heterocycles. The highest BCUT2D eigenvalue weighted by Crippen LogP contribution is 2.33. The summed E-state index contributed by atoms with van der Waals surface area (Å²) in [5.41, 5.74) is 1.75. The molecule has 0 radical (unpaired) electrons. The molecule has 4 rings (SSSR count). The Hall–Kier alpha value is -4.16. The van der Waals surface area contributed by atoms with Gasteiger partial charge in [0.2, 0.25) is 0 Å². The second-order valence-electron chi connectivity index (χ2n) is 13.9. The van der Waals surface area contributed by atoms with Gasteiger partial charge in [-0.05, 0) is 92.7 Å². The molecule has 13 nitrogen and oxygen atoms in total. The normalized spacial score (nSPS) is 16.0. The number of rotatable bonds is 9. The lowest BCUT2D eigenvalue weighted by Crippen LogP contribution is -2.48. The zero-order chi connectivity index (χ0) is 33.6. The summed E-state index contributed by atoms with van der Waals surface area (Å²) in [7, 11) is 0. The number of pyridine rings is 1. The van der Waals surface area contributed by atoms with E-state index in [9.17, 15) is 14.4 Å². The van der Waals surface area contributed by atoms with Crippen LogP contribution in [0, 0.1) is 13.8 Å². The topological polar surface area (TPSA) is 157 Å². The lowest BCUT2D eigenvalue weighted by Gasteiger charge is -2.34. The van der Waals surface area contributed by atoms with Crippen LogP contribution in [0.3, 0.4) is 0 Å². The Morgan fingerprint density at radius 2 is 1.70 bits per heavy atom. The molecule has 0 aromatic carbocycles. The van der Waals surface area contributed by atoms with Gasteiger partial charge in [0.05, 0.1) is 0 Å². The number of esters is 2. The molecule has 1 fully saturated rings. The van der Waals surface area contributed by atoms with E-state index in [0.717, 1.165) is 68.2 Å². The third kappa shape index (κ3) is 9.92. The van der Waals surface area contributed by atoms with Gasteiger partial charge in [-0.1, -0.05) is 6.07 Å². The van der Waals surface area contributed by atoms with E-state index in [1.54, 1.807) is 41.5 Å². The van der Waals surface area contributed by atoms with Gasteiger partial charge in [-0.3, -0.25) is 0 Å². The highest BCUT2D eigenvalue weighted by molar-refractivity contribution is 5.83. The SMILES string of the molecule is Cc1nc(NC[C@H](NC(=O)OCC(=O)OC(C)(C)C)C(=O)OC(C)(C)C)c(C)c(N2CCC(c3ccc4c(n3)NCCC4)CC2)n1. The second-order valence-corrected chi connectivity index (χ2v) is 13.9. The van der Waals surface area contributed by atoms with E-state index >= 15 is 0 Å². The van der Waals surface area contributed by atoms with Crippen molar-refractivity contribution in [2.45, 2.75) is 104 Å². The molecular formula is C33H49N7O6. The quantitative estimate of drug-likeness (QED) is 0.263. The molecular weight excluding hydrogens is 590 g/mol. The van der Waals surface area contributed by atoms with Crippen LogP contribution >= 0.6 is 0 Å². The minimum Gasteiger partial charge on any atom is -0.458 e. The predicted molar refractivity (Wildman–Crippen MR) is 175 cm³/mol. The molecule has 3 N–H and O–H groups in total. The lowest BCUT2D eigenvalue weighted by atomic mass is 9.92. The van der Waals surface area contributed by atoms with E-state index in [1.807, 2.05) is 13.8 Å². The zero-order valence-electron chi connectivity index (χ0n) is 28.4. The smallest absolute Gasteiger partial charge is 0.408 e. The van der Waals surface area contributed by atoms with Gasteiger partial charge < -0.3 is 35.1 Å². The molecule has 0 aliphatic carbocycles. The van der Waals surface area contributed by atoms with Gasteiger partial charge >= 0.3 is 18.0 Å². The van der Waals surface area contributed by atoms with Crippen LogP contribution in [0.2, 0.25) is 0 Å². The number of fused-ring (bicyclic) bond motifs is 1. The van der Waals surface area contributed by atoms with Gasteiger partial charge in [-0.25, -0.2) is 29.3 Å². The molecule has 1 saturated heterocycles. The molecule has 2 aromatic heterocycles. The van der Waals surface area contributed by atoms with E-state index in [0.29, 0.717) is 17.6 Å². The third-order valence-corrected chi connectivity index (χ3v) is 7.56. The summed E-state index contributed by atoms with van der Waals surface area (Å²) in [5.74, 6) is 1.99. The van der Waals surface area contributed by atoms with Crippen LogP contribution < -0.4 is 20.9 Å². The van der Waals surface area contributed by atoms with E-state index < -0.39 is 41.9 Å². The molecule has 1 atom stereocenters. The molecule has 1 amide bonds. The number of piperidine rings is 1. The van der Waals surface area contributed by atoms with Crippen LogP contribution in [0.15, 0.2) is 12.1 Å². The number of nitrogens with zero attached hydrogens (tertiary/aromatic N) is 4. The van der Waals surface area contributed by atoms with Crippen LogP contribution in [-0.4, -0.2) is 83.0 Å². The van der Waals surface area contributed by atoms with E-state index in [-0.39, 0.29) is 6.54 Å². The molecule has 13 heteroatoms. The Kier molecular flexibility index (Phi) is 10.9. The maximum Gasteiger partial charge on any atom is 0.408 e. The fourth-order valence-electron chi connectivity index (χ4n) is 5.50. The summed E-state index contributed by atoms with van der Waals surface area (Å²) in [4.78, 5) is 54.2. The number of amides is 1. The largest absolute Gasteiger partial charge is 0.458 e. The Labute approximate surface area is 271 Å². The summed E-state index contributed by atoms with van der Waals surface area (Å²) in [6.07, 6.45) is 3.16. The summed E-state index contributed by atoms with van der Waals surface area (Å²) in [5, 5.41) is 9.16. The minimum absolute atomic E-state index is 0.0344. The van der Waals surface area contributed by atoms with Gasteiger partial charge in [-0.15, -0.1) is 0 Å². The van der Waals surface area contributed by atoms with Crippen LogP contribution in [0.5, 0.6) is 0 Å². The standard InChI is InChI=1S/C33H49N7O6/c1-20-27(35-18-25(30(42)46-33(6,7)8)39-31(43)44-19-26(41)45-32(3,4)5)36-21(2)37-29(20)40-16-13-22(14-17-40)24-12-11-23-10-9-15-34-28(23)38-24/h11-12,22,25H,9-10,13-19H2,1-8H3,(H,34,38)(H,39,43)(H,35,36,37)/t25-/m0/s1. The first-order valence-corrected chi connectivity index (χ1v) is 16.0. The van der Waals surface area contributed by atoms with Gasteiger partial charge in [0.15, 0.2) is 6.61 Å². The number of aromatic nitrogens is 3.